The summed E-state index contributed by atoms with van der Waals surface area (Å²) in [4.78, 5) is 15.9. The highest BCUT2D eigenvalue weighted by Gasteiger charge is 2.10. The lowest BCUT2D eigenvalue weighted by molar-refractivity contribution is -0.119. The Kier molecular flexibility index (Phi) is 6.12. The van der Waals surface area contributed by atoms with Crippen molar-refractivity contribution in [3.8, 4) is 5.75 Å². The van der Waals surface area contributed by atoms with Crippen molar-refractivity contribution in [1.29, 1.82) is 0 Å². The molecule has 1 heterocycles. The van der Waals surface area contributed by atoms with E-state index in [-0.39, 0.29) is 5.91 Å². The lowest BCUT2D eigenvalue weighted by Crippen LogP contribution is -2.21. The second kappa shape index (κ2) is 8.71. The summed E-state index contributed by atoms with van der Waals surface area (Å²) < 4.78 is 8.07. The van der Waals surface area contributed by atoms with Crippen LogP contribution in [0.25, 0.3) is 11.0 Å². The number of carbonyl (C=O) groups is 1. The molecule has 0 spiro atoms. The molecule has 0 bridgehead atoms. The Morgan fingerprint density at radius 2 is 1.93 bits per heavy atom. The zero-order valence-electron chi connectivity index (χ0n) is 16.3. The molecule has 1 amide bonds. The van der Waals surface area contributed by atoms with Crippen LogP contribution in [0.5, 0.6) is 5.75 Å². The number of aromatic nitrogens is 2. The van der Waals surface area contributed by atoms with Crippen LogP contribution in [0.15, 0.2) is 42.5 Å². The van der Waals surface area contributed by atoms with E-state index in [2.05, 4.69) is 46.9 Å². The number of nitrogens with zero attached hydrogens (tertiary/aromatic N) is 2. The van der Waals surface area contributed by atoms with Gasteiger partial charge in [-0.25, -0.2) is 4.98 Å². The van der Waals surface area contributed by atoms with Crippen LogP contribution in [0.4, 0.5) is 0 Å². The number of imidazole rings is 1. The highest BCUT2D eigenvalue weighted by molar-refractivity contribution is 5.76. The smallest absolute Gasteiger partial charge is 0.217 e. The molecule has 0 atom stereocenters. The van der Waals surface area contributed by atoms with E-state index < -0.39 is 0 Å². The fourth-order valence-corrected chi connectivity index (χ4v) is 3.08. The fourth-order valence-electron chi connectivity index (χ4n) is 3.08. The van der Waals surface area contributed by atoms with Gasteiger partial charge in [0.1, 0.15) is 11.6 Å². The average molecular weight is 365 g/mol. The summed E-state index contributed by atoms with van der Waals surface area (Å²) in [6, 6.07) is 14.3. The van der Waals surface area contributed by atoms with Gasteiger partial charge in [-0.2, -0.15) is 0 Å². The van der Waals surface area contributed by atoms with E-state index in [1.165, 1.54) is 18.1 Å². The van der Waals surface area contributed by atoms with Gasteiger partial charge in [0.15, 0.2) is 0 Å². The molecule has 0 aliphatic heterocycles. The van der Waals surface area contributed by atoms with Crippen molar-refractivity contribution in [1.82, 2.24) is 14.9 Å². The lowest BCUT2D eigenvalue weighted by atomic mass is 10.1. The maximum atomic E-state index is 11.3. The van der Waals surface area contributed by atoms with Crippen molar-refractivity contribution in [2.75, 3.05) is 6.61 Å². The number of unbranched alkanes of at least 4 members (excludes halogenated alkanes) is 1. The van der Waals surface area contributed by atoms with Crippen LogP contribution in [-0.2, 0) is 17.9 Å². The van der Waals surface area contributed by atoms with Gasteiger partial charge in [-0.15, -0.1) is 0 Å². The normalized spacial score (nSPS) is 10.9. The Hall–Kier alpha value is -2.82. The van der Waals surface area contributed by atoms with Gasteiger partial charge in [-0.05, 0) is 62.1 Å². The average Bonchev–Trinajstić information content (AvgIpc) is 3.00. The third-order valence-electron chi connectivity index (χ3n) is 4.75. The first-order chi connectivity index (χ1) is 13.0. The van der Waals surface area contributed by atoms with E-state index in [0.717, 1.165) is 42.0 Å². The minimum Gasteiger partial charge on any atom is -0.494 e. The van der Waals surface area contributed by atoms with Crippen LogP contribution < -0.4 is 10.1 Å². The van der Waals surface area contributed by atoms with Crippen LogP contribution in [-0.4, -0.2) is 22.1 Å². The van der Waals surface area contributed by atoms with Crippen molar-refractivity contribution in [3.63, 3.8) is 0 Å². The van der Waals surface area contributed by atoms with Gasteiger partial charge in [-0.1, -0.05) is 18.2 Å². The van der Waals surface area contributed by atoms with Crippen molar-refractivity contribution < 1.29 is 9.53 Å². The van der Waals surface area contributed by atoms with Gasteiger partial charge in [0.05, 0.1) is 24.2 Å². The first kappa shape index (κ1) is 19.0. The molecule has 1 aromatic heterocycles. The molecule has 5 heteroatoms. The number of rotatable bonds is 8. The Labute approximate surface area is 160 Å². The molecule has 0 saturated carbocycles. The number of fused-ring (bicyclic) bond motifs is 1. The van der Waals surface area contributed by atoms with Gasteiger partial charge < -0.3 is 14.6 Å². The highest BCUT2D eigenvalue weighted by atomic mass is 16.5. The maximum Gasteiger partial charge on any atom is 0.217 e. The van der Waals surface area contributed by atoms with Gasteiger partial charge in [0.2, 0.25) is 5.91 Å². The fraction of sp³-hybridized carbons (Fsp3) is 0.364. The minimum atomic E-state index is -0.0459. The van der Waals surface area contributed by atoms with Crippen LogP contribution >= 0.6 is 0 Å². The molecule has 27 heavy (non-hydrogen) atoms. The van der Waals surface area contributed by atoms with Crippen LogP contribution in [0.3, 0.4) is 0 Å². The molecule has 0 unspecified atom stereocenters. The minimum absolute atomic E-state index is 0.0459. The molecule has 5 nitrogen and oxygen atoms in total. The summed E-state index contributed by atoms with van der Waals surface area (Å²) in [7, 11) is 0. The number of benzene rings is 2. The van der Waals surface area contributed by atoms with Gasteiger partial charge >= 0.3 is 0 Å². The molecule has 0 fully saturated rings. The Bertz CT molecular complexity index is 930. The third-order valence-corrected chi connectivity index (χ3v) is 4.75. The van der Waals surface area contributed by atoms with Crippen LogP contribution in [0.1, 0.15) is 36.7 Å². The maximum absolute atomic E-state index is 11.3. The monoisotopic (exact) mass is 365 g/mol. The quantitative estimate of drug-likeness (QED) is 0.610. The predicted octanol–water partition coefficient (Wildman–Crippen LogP) is 4.15. The zero-order valence-corrected chi connectivity index (χ0v) is 16.3. The zero-order chi connectivity index (χ0) is 19.2. The molecule has 1 N–H and O–H groups in total. The van der Waals surface area contributed by atoms with Gasteiger partial charge in [0, 0.05) is 13.5 Å². The van der Waals surface area contributed by atoms with Crippen molar-refractivity contribution in [3.05, 3.63) is 59.4 Å². The van der Waals surface area contributed by atoms with E-state index in [1.807, 2.05) is 24.3 Å². The summed E-state index contributed by atoms with van der Waals surface area (Å²) in [6.45, 7) is 7.72. The standard InChI is InChI=1S/C22H27N3O2/c1-16-10-11-19(14-17(16)2)27-13-7-6-12-25-21-9-5-4-8-20(21)24-22(25)15-23-18(3)26/h4-5,8-11,14H,6-7,12-13,15H2,1-3H3,(H,23,26). The molecule has 142 valence electrons. The molecular formula is C22H27N3O2. The summed E-state index contributed by atoms with van der Waals surface area (Å²) in [5.41, 5.74) is 4.60. The molecule has 3 rings (SSSR count). The van der Waals surface area contributed by atoms with E-state index >= 15 is 0 Å². The molecule has 0 saturated heterocycles. The summed E-state index contributed by atoms with van der Waals surface area (Å²) in [5, 5.41) is 2.85. The highest BCUT2D eigenvalue weighted by Crippen LogP contribution is 2.18. The summed E-state index contributed by atoms with van der Waals surface area (Å²) in [6.07, 6.45) is 1.94. The number of amides is 1. The Balaban J connectivity index is 1.58. The number of hydrogen-bond acceptors (Lipinski definition) is 3. The largest absolute Gasteiger partial charge is 0.494 e. The SMILES string of the molecule is CC(=O)NCc1nc2ccccc2n1CCCCOc1ccc(C)c(C)c1. The van der Waals surface area contributed by atoms with Crippen molar-refractivity contribution in [2.45, 2.75) is 46.7 Å². The van der Waals surface area contributed by atoms with Gasteiger partial charge in [-0.3, -0.25) is 4.79 Å². The van der Waals surface area contributed by atoms with Crippen molar-refractivity contribution in [2.24, 2.45) is 0 Å². The van der Waals surface area contributed by atoms with Crippen LogP contribution in [0, 0.1) is 13.8 Å². The topological polar surface area (TPSA) is 56.2 Å². The van der Waals surface area contributed by atoms with Gasteiger partial charge in [0.25, 0.3) is 0 Å². The number of carbonyl (C=O) groups excluding carboxylic acids is 1. The number of hydrogen-bond donors (Lipinski definition) is 1. The molecular weight excluding hydrogens is 338 g/mol. The summed E-state index contributed by atoms with van der Waals surface area (Å²) >= 11 is 0. The molecule has 2 aromatic carbocycles. The first-order valence-corrected chi connectivity index (χ1v) is 9.43. The molecule has 0 radical (unpaired) electrons. The van der Waals surface area contributed by atoms with Crippen LogP contribution in [0.2, 0.25) is 0 Å². The lowest BCUT2D eigenvalue weighted by Gasteiger charge is -2.11. The van der Waals surface area contributed by atoms with E-state index in [0.29, 0.717) is 13.2 Å². The molecule has 0 aliphatic rings. The molecule has 3 aromatic rings. The number of para-hydroxylation sites is 2. The van der Waals surface area contributed by atoms with Crippen molar-refractivity contribution >= 4 is 16.9 Å². The number of nitrogens with one attached hydrogen (secondary N) is 1. The van der Waals surface area contributed by atoms with E-state index in [1.54, 1.807) is 0 Å². The predicted molar refractivity (Wildman–Crippen MR) is 108 cm³/mol. The number of ether oxygens (including phenoxy) is 1. The van der Waals surface area contributed by atoms with E-state index in [4.69, 9.17) is 4.74 Å². The second-order valence-electron chi connectivity index (χ2n) is 6.88. The Morgan fingerprint density at radius 1 is 1.11 bits per heavy atom. The molecule has 0 aliphatic carbocycles. The second-order valence-corrected chi connectivity index (χ2v) is 6.88. The third kappa shape index (κ3) is 4.88. The summed E-state index contributed by atoms with van der Waals surface area (Å²) in [5.74, 6) is 1.77. The Morgan fingerprint density at radius 3 is 2.70 bits per heavy atom. The first-order valence-electron chi connectivity index (χ1n) is 9.43. The van der Waals surface area contributed by atoms with E-state index in [9.17, 15) is 4.79 Å². The number of aryl methyl sites for hydroxylation is 3.